The van der Waals surface area contributed by atoms with Gasteiger partial charge in [0.1, 0.15) is 17.6 Å². The first-order valence-electron chi connectivity index (χ1n) is 12.5. The fraction of sp³-hybridized carbons (Fsp3) is 0.233. The van der Waals surface area contributed by atoms with Crippen molar-refractivity contribution >= 4 is 55.7 Å². The quantitative estimate of drug-likeness (QED) is 0.170. The number of ketones is 1. The van der Waals surface area contributed by atoms with Crippen LogP contribution in [0.2, 0.25) is 5.02 Å². The zero-order valence-corrected chi connectivity index (χ0v) is 22.6. The number of halogens is 1. The molecular weight excluding hydrogens is 520 g/mol. The van der Waals surface area contributed by atoms with Gasteiger partial charge in [0.15, 0.2) is 5.13 Å². The van der Waals surface area contributed by atoms with Gasteiger partial charge in [0.25, 0.3) is 5.78 Å². The minimum absolute atomic E-state index is 0.0384. The van der Waals surface area contributed by atoms with Crippen LogP contribution in [0.1, 0.15) is 55.0 Å². The summed E-state index contributed by atoms with van der Waals surface area (Å²) in [4.78, 5) is 33.1. The molecule has 38 heavy (non-hydrogen) atoms. The van der Waals surface area contributed by atoms with Crippen molar-refractivity contribution < 1.29 is 19.4 Å². The van der Waals surface area contributed by atoms with Gasteiger partial charge in [0.2, 0.25) is 0 Å². The molecule has 0 bridgehead atoms. The van der Waals surface area contributed by atoms with Crippen LogP contribution in [0.4, 0.5) is 5.13 Å². The molecule has 0 saturated carbocycles. The summed E-state index contributed by atoms with van der Waals surface area (Å²) in [6.45, 7) is 6.19. The Morgan fingerprint density at radius 1 is 1.11 bits per heavy atom. The summed E-state index contributed by atoms with van der Waals surface area (Å²) in [5, 5.41) is 12.5. The summed E-state index contributed by atoms with van der Waals surface area (Å²) in [7, 11) is 0. The molecule has 3 heterocycles. The van der Waals surface area contributed by atoms with Crippen molar-refractivity contribution in [2.24, 2.45) is 0 Å². The predicted octanol–water partition coefficient (Wildman–Crippen LogP) is 7.02. The number of aromatic nitrogens is 1. The van der Waals surface area contributed by atoms with Crippen LogP contribution in [0.25, 0.3) is 16.0 Å². The summed E-state index contributed by atoms with van der Waals surface area (Å²) < 4.78 is 6.60. The summed E-state index contributed by atoms with van der Waals surface area (Å²) >= 11 is 7.46. The van der Waals surface area contributed by atoms with E-state index in [0.717, 1.165) is 21.6 Å². The number of rotatable bonds is 4. The summed E-state index contributed by atoms with van der Waals surface area (Å²) in [6.07, 6.45) is 0.749. The van der Waals surface area contributed by atoms with Crippen molar-refractivity contribution in [3.8, 4) is 5.75 Å². The molecular formula is C30H25ClN2O4S. The van der Waals surface area contributed by atoms with Crippen molar-refractivity contribution in [1.82, 2.24) is 4.98 Å². The molecule has 1 saturated heterocycles. The third-order valence-corrected chi connectivity index (χ3v) is 8.33. The second-order valence-electron chi connectivity index (χ2n) is 10.1. The molecule has 0 radical (unpaired) electrons. The smallest absolute Gasteiger partial charge is 0.301 e. The Bertz CT molecular complexity index is 1640. The maximum absolute atomic E-state index is 13.5. The number of nitrogens with zero attached hydrogens (tertiary/aromatic N) is 2. The molecule has 8 heteroatoms. The van der Waals surface area contributed by atoms with Gasteiger partial charge in [-0.1, -0.05) is 61.1 Å². The van der Waals surface area contributed by atoms with Gasteiger partial charge >= 0.3 is 5.91 Å². The molecule has 6 nitrogen and oxygen atoms in total. The number of ether oxygens (including phenoxy) is 1. The number of thiazole rings is 1. The number of anilines is 1. The molecule has 0 unspecified atom stereocenters. The van der Waals surface area contributed by atoms with Crippen molar-refractivity contribution in [3.05, 3.63) is 93.5 Å². The molecule has 4 aromatic rings. The van der Waals surface area contributed by atoms with E-state index in [1.165, 1.54) is 16.2 Å². The van der Waals surface area contributed by atoms with E-state index in [1.54, 1.807) is 30.3 Å². The second-order valence-corrected chi connectivity index (χ2v) is 11.5. The highest BCUT2D eigenvalue weighted by molar-refractivity contribution is 7.22. The number of amides is 1. The summed E-state index contributed by atoms with van der Waals surface area (Å²) in [5.41, 5.74) is 3.99. The average Bonchev–Trinajstić information content (AvgIpc) is 3.55. The minimum Gasteiger partial charge on any atom is -0.507 e. The third-order valence-electron chi connectivity index (χ3n) is 7.08. The number of benzene rings is 3. The molecule has 0 spiro atoms. The molecule has 6 rings (SSSR count). The SMILES string of the molecule is CC(C)c1ccc([C@H]2C(=C(O)c3ccc4c(c3)C[C@H](C)O4)C(=O)C(=O)N2c2nc3ccc(Cl)cc3s2)cc1. The van der Waals surface area contributed by atoms with Crippen LogP contribution in [0.5, 0.6) is 5.75 Å². The Hall–Kier alpha value is -3.68. The zero-order chi connectivity index (χ0) is 26.7. The average molecular weight is 545 g/mol. The number of fused-ring (bicyclic) bond motifs is 2. The first kappa shape index (κ1) is 24.6. The van der Waals surface area contributed by atoms with Gasteiger partial charge in [-0.2, -0.15) is 0 Å². The van der Waals surface area contributed by atoms with E-state index in [0.29, 0.717) is 39.1 Å². The lowest BCUT2D eigenvalue weighted by Crippen LogP contribution is -2.29. The van der Waals surface area contributed by atoms with Crippen molar-refractivity contribution in [1.29, 1.82) is 0 Å². The van der Waals surface area contributed by atoms with Gasteiger partial charge in [-0.05, 0) is 65.9 Å². The lowest BCUT2D eigenvalue weighted by Gasteiger charge is -2.23. The Balaban J connectivity index is 1.53. The second kappa shape index (κ2) is 9.26. The molecule has 3 aromatic carbocycles. The summed E-state index contributed by atoms with van der Waals surface area (Å²) in [5.74, 6) is -0.602. The van der Waals surface area contributed by atoms with Gasteiger partial charge in [-0.25, -0.2) is 4.98 Å². The van der Waals surface area contributed by atoms with Crippen LogP contribution in [0.3, 0.4) is 0 Å². The molecule has 192 valence electrons. The van der Waals surface area contributed by atoms with E-state index < -0.39 is 17.7 Å². The molecule has 2 atom stereocenters. The monoisotopic (exact) mass is 544 g/mol. The molecule has 1 aromatic heterocycles. The van der Waals surface area contributed by atoms with Crippen LogP contribution in [0.15, 0.2) is 66.2 Å². The minimum atomic E-state index is -0.837. The van der Waals surface area contributed by atoms with E-state index in [-0.39, 0.29) is 17.4 Å². The normalized spacial score (nSPS) is 20.4. The van der Waals surface area contributed by atoms with Gasteiger partial charge in [0.05, 0.1) is 21.8 Å². The van der Waals surface area contributed by atoms with E-state index >= 15 is 0 Å². The van der Waals surface area contributed by atoms with Crippen LogP contribution in [0, 0.1) is 0 Å². The fourth-order valence-corrected chi connectivity index (χ4v) is 6.39. The molecule has 2 aliphatic rings. The number of Topliss-reactive ketones (excluding diaryl/α,β-unsaturated/α-hetero) is 1. The number of hydrogen-bond acceptors (Lipinski definition) is 6. The van der Waals surface area contributed by atoms with Gasteiger partial charge < -0.3 is 9.84 Å². The van der Waals surface area contributed by atoms with Gasteiger partial charge in [0, 0.05) is 17.0 Å². The molecule has 1 N–H and O–H groups in total. The predicted molar refractivity (Wildman–Crippen MR) is 150 cm³/mol. The number of carbonyl (C=O) groups excluding carboxylic acids is 2. The Morgan fingerprint density at radius 2 is 1.87 bits per heavy atom. The topological polar surface area (TPSA) is 79.7 Å². The largest absolute Gasteiger partial charge is 0.507 e. The number of aliphatic hydroxyl groups is 1. The lowest BCUT2D eigenvalue weighted by atomic mass is 9.93. The van der Waals surface area contributed by atoms with Crippen molar-refractivity contribution in [2.75, 3.05) is 4.90 Å². The Kier molecular flexibility index (Phi) is 6.00. The molecule has 1 fully saturated rings. The summed E-state index contributed by atoms with van der Waals surface area (Å²) in [6, 6.07) is 17.6. The van der Waals surface area contributed by atoms with Crippen molar-refractivity contribution in [3.63, 3.8) is 0 Å². The van der Waals surface area contributed by atoms with E-state index in [9.17, 15) is 14.7 Å². The number of hydrogen-bond donors (Lipinski definition) is 1. The highest BCUT2D eigenvalue weighted by atomic mass is 35.5. The van der Waals surface area contributed by atoms with Gasteiger partial charge in [-0.3, -0.25) is 14.5 Å². The van der Waals surface area contributed by atoms with Crippen molar-refractivity contribution in [2.45, 2.75) is 45.3 Å². The number of carbonyl (C=O) groups is 2. The number of aliphatic hydroxyl groups excluding tert-OH is 1. The fourth-order valence-electron chi connectivity index (χ4n) is 5.12. The third kappa shape index (κ3) is 4.06. The molecule has 1 amide bonds. The van der Waals surface area contributed by atoms with Crippen LogP contribution in [-0.4, -0.2) is 27.9 Å². The highest BCUT2D eigenvalue weighted by Crippen LogP contribution is 2.45. The first-order chi connectivity index (χ1) is 18.2. The highest BCUT2D eigenvalue weighted by Gasteiger charge is 2.48. The van der Waals surface area contributed by atoms with Crippen LogP contribution in [-0.2, 0) is 16.0 Å². The molecule has 2 aliphatic heterocycles. The van der Waals surface area contributed by atoms with E-state index in [4.69, 9.17) is 16.3 Å². The maximum Gasteiger partial charge on any atom is 0.301 e. The Labute approximate surface area is 229 Å². The standard InChI is InChI=1S/C30H25ClN2O4S/c1-15(2)17-4-6-18(7-5-17)26-25(27(34)19-8-11-23-20(13-19)12-16(3)37-23)28(35)29(36)33(26)30-32-22-10-9-21(31)14-24(22)38-30/h4-11,13-16,26,34H,12H2,1-3H3/t16-,26-/m0/s1. The Morgan fingerprint density at radius 3 is 2.61 bits per heavy atom. The van der Waals surface area contributed by atoms with E-state index in [1.807, 2.05) is 37.3 Å². The lowest BCUT2D eigenvalue weighted by molar-refractivity contribution is -0.132. The van der Waals surface area contributed by atoms with Gasteiger partial charge in [-0.15, -0.1) is 0 Å². The van der Waals surface area contributed by atoms with E-state index in [2.05, 4.69) is 18.8 Å². The van der Waals surface area contributed by atoms with Crippen LogP contribution >= 0.6 is 22.9 Å². The van der Waals surface area contributed by atoms with Crippen LogP contribution < -0.4 is 9.64 Å². The first-order valence-corrected chi connectivity index (χ1v) is 13.7. The molecule has 0 aliphatic carbocycles. The zero-order valence-electron chi connectivity index (χ0n) is 21.1. The maximum atomic E-state index is 13.5.